The number of benzene rings is 2. The molecule has 1 aliphatic heterocycles. The van der Waals surface area contributed by atoms with E-state index in [0.29, 0.717) is 23.6 Å². The highest BCUT2D eigenvalue weighted by atomic mass is 19.1. The molecule has 0 bridgehead atoms. The second kappa shape index (κ2) is 10.7. The molecule has 0 saturated carbocycles. The average Bonchev–Trinajstić information content (AvgIpc) is 3.16. The number of aromatic nitrogens is 1. The van der Waals surface area contributed by atoms with Crippen molar-refractivity contribution in [3.63, 3.8) is 0 Å². The number of para-hydroxylation sites is 1. The van der Waals surface area contributed by atoms with E-state index in [9.17, 15) is 9.18 Å². The van der Waals surface area contributed by atoms with E-state index in [1.807, 2.05) is 32.0 Å². The molecule has 1 fully saturated rings. The maximum Gasteiger partial charge on any atom is 0.255 e. The zero-order chi connectivity index (χ0) is 24.1. The first-order chi connectivity index (χ1) is 16.4. The molecule has 1 amide bonds. The van der Waals surface area contributed by atoms with Crippen molar-refractivity contribution in [3.8, 4) is 11.5 Å². The van der Waals surface area contributed by atoms with Gasteiger partial charge in [-0.2, -0.15) is 0 Å². The summed E-state index contributed by atoms with van der Waals surface area (Å²) < 4.78 is 30.1. The molecule has 1 saturated heterocycles. The topological polar surface area (TPSA) is 76.8 Å². The Morgan fingerprint density at radius 3 is 2.62 bits per heavy atom. The Balaban J connectivity index is 1.31. The quantitative estimate of drug-likeness (QED) is 0.529. The van der Waals surface area contributed by atoms with Gasteiger partial charge in [-0.25, -0.2) is 4.39 Å². The lowest BCUT2D eigenvalue weighted by molar-refractivity contribution is 0.0904. The molecule has 2 heterocycles. The molecule has 34 heavy (non-hydrogen) atoms. The average molecular weight is 468 g/mol. The highest BCUT2D eigenvalue weighted by Gasteiger charge is 2.23. The van der Waals surface area contributed by atoms with Gasteiger partial charge in [0.2, 0.25) is 0 Å². The molecule has 0 radical (unpaired) electrons. The van der Waals surface area contributed by atoms with Crippen molar-refractivity contribution in [2.45, 2.75) is 45.9 Å². The SMILES string of the molecule is COc1ccc(CN2CCC(NC(=O)c3ccccc3OCc3c(C)noc3C)CC2)cc1F. The summed E-state index contributed by atoms with van der Waals surface area (Å²) in [6.45, 7) is 6.31. The summed E-state index contributed by atoms with van der Waals surface area (Å²) >= 11 is 0. The minimum absolute atomic E-state index is 0.0759. The fraction of sp³-hybridized carbons (Fsp3) is 0.385. The van der Waals surface area contributed by atoms with Gasteiger partial charge in [-0.3, -0.25) is 9.69 Å². The van der Waals surface area contributed by atoms with E-state index in [-0.39, 0.29) is 30.1 Å². The number of carbonyl (C=O) groups excluding carboxylic acids is 1. The first-order valence-corrected chi connectivity index (χ1v) is 11.4. The number of nitrogens with one attached hydrogen (secondary N) is 1. The predicted octanol–water partition coefficient (Wildman–Crippen LogP) is 4.41. The second-order valence-electron chi connectivity index (χ2n) is 8.58. The van der Waals surface area contributed by atoms with Crippen LogP contribution in [0.25, 0.3) is 0 Å². The van der Waals surface area contributed by atoms with Crippen molar-refractivity contribution in [1.29, 1.82) is 0 Å². The first-order valence-electron chi connectivity index (χ1n) is 11.4. The van der Waals surface area contributed by atoms with Gasteiger partial charge in [-0.1, -0.05) is 23.4 Å². The second-order valence-corrected chi connectivity index (χ2v) is 8.58. The van der Waals surface area contributed by atoms with Crippen molar-refractivity contribution in [2.24, 2.45) is 0 Å². The van der Waals surface area contributed by atoms with Crippen LogP contribution in [0.4, 0.5) is 4.39 Å². The van der Waals surface area contributed by atoms with Crippen LogP contribution < -0.4 is 14.8 Å². The Morgan fingerprint density at radius 2 is 1.94 bits per heavy atom. The maximum absolute atomic E-state index is 14.0. The number of carbonyl (C=O) groups is 1. The van der Waals surface area contributed by atoms with Crippen LogP contribution in [0.15, 0.2) is 47.0 Å². The number of methoxy groups -OCH3 is 1. The number of hydrogen-bond acceptors (Lipinski definition) is 6. The van der Waals surface area contributed by atoms with Crippen molar-refractivity contribution < 1.29 is 23.2 Å². The summed E-state index contributed by atoms with van der Waals surface area (Å²) in [4.78, 5) is 15.3. The Hall–Kier alpha value is -3.39. The van der Waals surface area contributed by atoms with E-state index in [1.54, 1.807) is 18.2 Å². The van der Waals surface area contributed by atoms with Crippen LogP contribution >= 0.6 is 0 Å². The number of aryl methyl sites for hydroxylation is 2. The number of halogens is 1. The fourth-order valence-corrected chi connectivity index (χ4v) is 4.20. The van der Waals surface area contributed by atoms with Crippen molar-refractivity contribution in [2.75, 3.05) is 20.2 Å². The zero-order valence-corrected chi connectivity index (χ0v) is 19.8. The number of likely N-dealkylation sites (tertiary alicyclic amines) is 1. The standard InChI is InChI=1S/C26H30FN3O4/c1-17-22(18(2)34-29-17)16-33-24-7-5-4-6-21(24)26(31)28-20-10-12-30(13-11-20)15-19-8-9-25(32-3)23(27)14-19/h4-9,14,20H,10-13,15-16H2,1-3H3,(H,28,31). The van der Waals surface area contributed by atoms with Gasteiger partial charge in [0.25, 0.3) is 5.91 Å². The molecule has 2 aromatic carbocycles. The number of amides is 1. The lowest BCUT2D eigenvalue weighted by Crippen LogP contribution is -2.44. The monoisotopic (exact) mass is 467 g/mol. The van der Waals surface area contributed by atoms with E-state index in [0.717, 1.165) is 42.8 Å². The fourth-order valence-electron chi connectivity index (χ4n) is 4.20. The molecule has 1 N–H and O–H groups in total. The van der Waals surface area contributed by atoms with Crippen LogP contribution in [-0.4, -0.2) is 42.2 Å². The van der Waals surface area contributed by atoms with E-state index in [1.165, 1.54) is 13.2 Å². The van der Waals surface area contributed by atoms with E-state index >= 15 is 0 Å². The molecule has 3 aromatic rings. The van der Waals surface area contributed by atoms with Gasteiger partial charge in [0.05, 0.1) is 23.9 Å². The Kier molecular flexibility index (Phi) is 7.47. The third-order valence-electron chi connectivity index (χ3n) is 6.23. The molecule has 8 heteroatoms. The summed E-state index contributed by atoms with van der Waals surface area (Å²) in [5, 5.41) is 7.09. The van der Waals surface area contributed by atoms with Crippen molar-refractivity contribution in [3.05, 3.63) is 76.4 Å². The normalized spacial score (nSPS) is 14.7. The summed E-state index contributed by atoms with van der Waals surface area (Å²) in [5.41, 5.74) is 3.08. The summed E-state index contributed by atoms with van der Waals surface area (Å²) in [5.74, 6) is 0.992. The van der Waals surface area contributed by atoms with Crippen molar-refractivity contribution in [1.82, 2.24) is 15.4 Å². The number of rotatable bonds is 8. The van der Waals surface area contributed by atoms with Crippen LogP contribution in [0.3, 0.4) is 0 Å². The number of ether oxygens (including phenoxy) is 2. The molecule has 180 valence electrons. The lowest BCUT2D eigenvalue weighted by Gasteiger charge is -2.32. The summed E-state index contributed by atoms with van der Waals surface area (Å²) in [6.07, 6.45) is 1.65. The molecule has 0 spiro atoms. The van der Waals surface area contributed by atoms with E-state index < -0.39 is 0 Å². The molecule has 0 unspecified atom stereocenters. The van der Waals surface area contributed by atoms with Gasteiger partial charge < -0.3 is 19.3 Å². The van der Waals surface area contributed by atoms with Crippen LogP contribution in [0.5, 0.6) is 11.5 Å². The molecule has 7 nitrogen and oxygen atoms in total. The largest absolute Gasteiger partial charge is 0.494 e. The highest BCUT2D eigenvalue weighted by molar-refractivity contribution is 5.97. The van der Waals surface area contributed by atoms with Gasteiger partial charge in [0.15, 0.2) is 11.6 Å². The van der Waals surface area contributed by atoms with Gasteiger partial charge in [-0.15, -0.1) is 0 Å². The third kappa shape index (κ3) is 5.56. The minimum atomic E-state index is -0.350. The summed E-state index contributed by atoms with van der Waals surface area (Å²) in [7, 11) is 1.46. The van der Waals surface area contributed by atoms with Gasteiger partial charge in [0, 0.05) is 25.7 Å². The van der Waals surface area contributed by atoms with Gasteiger partial charge in [0.1, 0.15) is 18.1 Å². The van der Waals surface area contributed by atoms with Crippen LogP contribution in [0, 0.1) is 19.7 Å². The molecule has 0 aliphatic carbocycles. The van der Waals surface area contributed by atoms with Gasteiger partial charge in [-0.05, 0) is 56.5 Å². The van der Waals surface area contributed by atoms with Crippen LogP contribution in [0.1, 0.15) is 45.8 Å². The highest BCUT2D eigenvalue weighted by Crippen LogP contribution is 2.23. The van der Waals surface area contributed by atoms with E-state index in [4.69, 9.17) is 14.0 Å². The van der Waals surface area contributed by atoms with Crippen LogP contribution in [-0.2, 0) is 13.2 Å². The van der Waals surface area contributed by atoms with E-state index in [2.05, 4.69) is 15.4 Å². The third-order valence-corrected chi connectivity index (χ3v) is 6.23. The lowest BCUT2D eigenvalue weighted by atomic mass is 10.0. The first kappa shape index (κ1) is 23.8. The zero-order valence-electron chi connectivity index (χ0n) is 19.8. The van der Waals surface area contributed by atoms with Crippen molar-refractivity contribution >= 4 is 5.91 Å². The van der Waals surface area contributed by atoms with Crippen LogP contribution in [0.2, 0.25) is 0 Å². The van der Waals surface area contributed by atoms with Gasteiger partial charge >= 0.3 is 0 Å². The predicted molar refractivity (Wildman–Crippen MR) is 125 cm³/mol. The molecule has 1 aliphatic rings. The molecular weight excluding hydrogens is 437 g/mol. The Morgan fingerprint density at radius 1 is 1.18 bits per heavy atom. The smallest absolute Gasteiger partial charge is 0.255 e. The summed E-state index contributed by atoms with van der Waals surface area (Å²) in [6, 6.07) is 12.4. The molecule has 4 rings (SSSR count). The Bertz CT molecular complexity index is 1120. The minimum Gasteiger partial charge on any atom is -0.494 e. The molecule has 1 aromatic heterocycles. The maximum atomic E-state index is 14.0. The Labute approximate surface area is 198 Å². The number of piperidine rings is 1. The molecular formula is C26H30FN3O4. The number of hydrogen-bond donors (Lipinski definition) is 1. The number of nitrogens with zero attached hydrogens (tertiary/aromatic N) is 2. The molecule has 0 atom stereocenters.